The number of nitrogens with one attached hydrogen (secondary N) is 1. The molecule has 21 heavy (non-hydrogen) atoms. The Bertz CT molecular complexity index is 653. The van der Waals surface area contributed by atoms with E-state index in [4.69, 9.17) is 0 Å². The summed E-state index contributed by atoms with van der Waals surface area (Å²) in [6, 6.07) is 12.1. The first kappa shape index (κ1) is 14.9. The van der Waals surface area contributed by atoms with Gasteiger partial charge in [-0.3, -0.25) is 4.79 Å². The molecule has 2 aromatic carbocycles. The zero-order valence-corrected chi connectivity index (χ0v) is 11.4. The van der Waals surface area contributed by atoms with Crippen molar-refractivity contribution in [1.29, 1.82) is 0 Å². The molecule has 0 unspecified atom stereocenters. The van der Waals surface area contributed by atoms with E-state index < -0.39 is 17.2 Å². The van der Waals surface area contributed by atoms with Crippen molar-refractivity contribution in [3.63, 3.8) is 0 Å². The number of carbonyl (C=O) groups excluding carboxylic acids is 1. The summed E-state index contributed by atoms with van der Waals surface area (Å²) in [7, 11) is 0. The summed E-state index contributed by atoms with van der Waals surface area (Å²) in [4.78, 5) is 10.7. The number of aldehydes is 1. The maximum atomic E-state index is 13.9. The summed E-state index contributed by atoms with van der Waals surface area (Å²) in [6.45, 7) is 3.82. The third-order valence-electron chi connectivity index (χ3n) is 3.11. The van der Waals surface area contributed by atoms with Crippen LogP contribution in [0.4, 0.5) is 14.5 Å². The lowest BCUT2D eigenvalue weighted by atomic mass is 10.1. The van der Waals surface area contributed by atoms with Gasteiger partial charge in [0, 0.05) is 5.70 Å². The van der Waals surface area contributed by atoms with Gasteiger partial charge in [0.2, 0.25) is 0 Å². The summed E-state index contributed by atoms with van der Waals surface area (Å²) in [5.74, 6) is -1.77. The fourth-order valence-electron chi connectivity index (χ4n) is 1.97. The van der Waals surface area contributed by atoms with E-state index >= 15 is 0 Å². The second kappa shape index (κ2) is 6.79. The number of hydrogen-bond donors (Lipinski definition) is 1. The van der Waals surface area contributed by atoms with E-state index in [0.717, 1.165) is 18.1 Å². The minimum atomic E-state index is -0.897. The molecule has 0 bridgehead atoms. The number of carbonyl (C=O) groups is 1. The minimum absolute atomic E-state index is 0.0524. The predicted octanol–water partition coefficient (Wildman–Crippen LogP) is 4.34. The molecule has 0 radical (unpaired) electrons. The van der Waals surface area contributed by atoms with Crippen LogP contribution < -0.4 is 5.32 Å². The topological polar surface area (TPSA) is 29.1 Å². The molecule has 0 spiro atoms. The van der Waals surface area contributed by atoms with Crippen LogP contribution in [0, 0.1) is 11.6 Å². The van der Waals surface area contributed by atoms with Crippen LogP contribution in [0.5, 0.6) is 0 Å². The number of benzene rings is 2. The highest BCUT2D eigenvalue weighted by Crippen LogP contribution is 2.22. The lowest BCUT2D eigenvalue weighted by Crippen LogP contribution is -2.05. The van der Waals surface area contributed by atoms with E-state index in [1.54, 1.807) is 0 Å². The summed E-state index contributed by atoms with van der Waals surface area (Å²) < 4.78 is 27.1. The average Bonchev–Trinajstić information content (AvgIpc) is 2.50. The van der Waals surface area contributed by atoms with Gasteiger partial charge in [-0.05, 0) is 30.5 Å². The Morgan fingerprint density at radius 1 is 1.14 bits per heavy atom. The highest BCUT2D eigenvalue weighted by molar-refractivity contribution is 5.78. The Kier molecular flexibility index (Phi) is 4.82. The Labute approximate surface area is 122 Å². The number of aryl methyl sites for hydroxylation is 1. The number of hydrogen-bond acceptors (Lipinski definition) is 2. The van der Waals surface area contributed by atoms with Crippen LogP contribution in [-0.2, 0) is 6.42 Å². The van der Waals surface area contributed by atoms with Crippen molar-refractivity contribution in [1.82, 2.24) is 0 Å². The summed E-state index contributed by atoms with van der Waals surface area (Å²) >= 11 is 0. The van der Waals surface area contributed by atoms with Gasteiger partial charge in [0.1, 0.15) is 5.82 Å². The second-order valence-corrected chi connectivity index (χ2v) is 4.65. The molecule has 0 aliphatic carbocycles. The molecule has 0 fully saturated rings. The van der Waals surface area contributed by atoms with E-state index in [1.807, 2.05) is 30.3 Å². The van der Waals surface area contributed by atoms with Gasteiger partial charge in [0.15, 0.2) is 12.1 Å². The Hall–Kier alpha value is -2.49. The van der Waals surface area contributed by atoms with Crippen molar-refractivity contribution in [2.75, 3.05) is 5.32 Å². The SMILES string of the molecule is C=C(CCc1ccccc1)Nc1ccc(F)c(C=O)c1F. The monoisotopic (exact) mass is 287 g/mol. The average molecular weight is 287 g/mol. The van der Waals surface area contributed by atoms with Crippen molar-refractivity contribution in [2.24, 2.45) is 0 Å². The quantitative estimate of drug-likeness (QED) is 0.801. The number of anilines is 1. The summed E-state index contributed by atoms with van der Waals surface area (Å²) in [5.41, 5.74) is 1.22. The van der Waals surface area contributed by atoms with Crippen LogP contribution >= 0.6 is 0 Å². The van der Waals surface area contributed by atoms with Crippen LogP contribution in [0.1, 0.15) is 22.3 Å². The third-order valence-corrected chi connectivity index (χ3v) is 3.11. The molecular weight excluding hydrogens is 272 g/mol. The largest absolute Gasteiger partial charge is 0.357 e. The molecule has 0 saturated heterocycles. The third kappa shape index (κ3) is 3.75. The molecule has 0 heterocycles. The van der Waals surface area contributed by atoms with Gasteiger partial charge < -0.3 is 5.32 Å². The summed E-state index contributed by atoms with van der Waals surface area (Å²) in [6.07, 6.45) is 1.54. The maximum Gasteiger partial charge on any atom is 0.160 e. The van der Waals surface area contributed by atoms with Gasteiger partial charge in [-0.1, -0.05) is 36.9 Å². The van der Waals surface area contributed by atoms with E-state index in [9.17, 15) is 13.6 Å². The Balaban J connectivity index is 2.02. The van der Waals surface area contributed by atoms with Crippen LogP contribution in [-0.4, -0.2) is 6.29 Å². The second-order valence-electron chi connectivity index (χ2n) is 4.65. The molecule has 0 aliphatic rings. The molecule has 2 rings (SSSR count). The molecular formula is C17H15F2NO. The predicted molar refractivity (Wildman–Crippen MR) is 79.3 cm³/mol. The fourth-order valence-corrected chi connectivity index (χ4v) is 1.97. The zero-order valence-electron chi connectivity index (χ0n) is 11.4. The van der Waals surface area contributed by atoms with Gasteiger partial charge in [-0.15, -0.1) is 0 Å². The molecule has 0 atom stereocenters. The van der Waals surface area contributed by atoms with Crippen molar-refractivity contribution in [3.05, 3.63) is 77.5 Å². The lowest BCUT2D eigenvalue weighted by molar-refractivity contribution is 0.111. The zero-order chi connectivity index (χ0) is 15.2. The molecule has 0 aromatic heterocycles. The van der Waals surface area contributed by atoms with E-state index in [-0.39, 0.29) is 12.0 Å². The molecule has 0 amide bonds. The van der Waals surface area contributed by atoms with E-state index in [2.05, 4.69) is 11.9 Å². The van der Waals surface area contributed by atoms with Crippen molar-refractivity contribution in [3.8, 4) is 0 Å². The molecule has 2 nitrogen and oxygen atoms in total. The smallest absolute Gasteiger partial charge is 0.160 e. The Morgan fingerprint density at radius 3 is 2.52 bits per heavy atom. The minimum Gasteiger partial charge on any atom is -0.357 e. The number of allylic oxidation sites excluding steroid dienone is 1. The molecule has 0 saturated carbocycles. The maximum absolute atomic E-state index is 13.9. The van der Waals surface area contributed by atoms with Gasteiger partial charge in [0.05, 0.1) is 11.3 Å². The van der Waals surface area contributed by atoms with E-state index in [1.165, 1.54) is 6.07 Å². The van der Waals surface area contributed by atoms with Gasteiger partial charge >= 0.3 is 0 Å². The molecule has 1 N–H and O–H groups in total. The van der Waals surface area contributed by atoms with Crippen LogP contribution in [0.25, 0.3) is 0 Å². The first-order valence-corrected chi connectivity index (χ1v) is 6.53. The molecule has 108 valence electrons. The standard InChI is InChI=1S/C17H15F2NO/c1-12(7-8-13-5-3-2-4-6-13)20-16-10-9-15(18)14(11-21)17(16)19/h2-6,9-11,20H,1,7-8H2. The normalized spacial score (nSPS) is 10.2. The van der Waals surface area contributed by atoms with Crippen LogP contribution in [0.2, 0.25) is 0 Å². The van der Waals surface area contributed by atoms with Gasteiger partial charge in [-0.25, -0.2) is 8.78 Å². The Morgan fingerprint density at radius 2 is 1.86 bits per heavy atom. The first-order chi connectivity index (χ1) is 10.1. The molecule has 4 heteroatoms. The van der Waals surface area contributed by atoms with Gasteiger partial charge in [-0.2, -0.15) is 0 Å². The van der Waals surface area contributed by atoms with Crippen molar-refractivity contribution in [2.45, 2.75) is 12.8 Å². The molecule has 0 aliphatic heterocycles. The van der Waals surface area contributed by atoms with Gasteiger partial charge in [0.25, 0.3) is 0 Å². The van der Waals surface area contributed by atoms with Crippen LogP contribution in [0.15, 0.2) is 54.7 Å². The number of halogens is 2. The summed E-state index contributed by atoms with van der Waals surface area (Å²) in [5, 5.41) is 2.79. The van der Waals surface area contributed by atoms with Crippen molar-refractivity contribution < 1.29 is 13.6 Å². The lowest BCUT2D eigenvalue weighted by Gasteiger charge is -2.11. The number of rotatable bonds is 6. The highest BCUT2D eigenvalue weighted by Gasteiger charge is 2.13. The van der Waals surface area contributed by atoms with E-state index in [0.29, 0.717) is 12.1 Å². The first-order valence-electron chi connectivity index (χ1n) is 6.53. The highest BCUT2D eigenvalue weighted by atomic mass is 19.1. The molecule has 2 aromatic rings. The van der Waals surface area contributed by atoms with Crippen molar-refractivity contribution >= 4 is 12.0 Å². The van der Waals surface area contributed by atoms with Crippen LogP contribution in [0.3, 0.4) is 0 Å². The fraction of sp³-hybridized carbons (Fsp3) is 0.118.